The summed E-state index contributed by atoms with van der Waals surface area (Å²) in [5, 5.41) is 11.0. The molecule has 3 unspecified atom stereocenters. The second-order valence-corrected chi connectivity index (χ2v) is 9.27. The van der Waals surface area contributed by atoms with Crippen LogP contribution in [0.1, 0.15) is 56.0 Å². The predicted molar refractivity (Wildman–Crippen MR) is 121 cm³/mol. The maximum absolute atomic E-state index is 12.0. The molecular weight excluding hydrogens is 398 g/mol. The van der Waals surface area contributed by atoms with Crippen molar-refractivity contribution in [2.75, 3.05) is 23.9 Å². The predicted octanol–water partition coefficient (Wildman–Crippen LogP) is 4.72. The molecule has 1 saturated heterocycles. The van der Waals surface area contributed by atoms with Crippen LogP contribution in [0.3, 0.4) is 0 Å². The van der Waals surface area contributed by atoms with E-state index >= 15 is 0 Å². The summed E-state index contributed by atoms with van der Waals surface area (Å²) < 4.78 is 12.2. The summed E-state index contributed by atoms with van der Waals surface area (Å²) in [5.74, 6) is 1.02. The van der Waals surface area contributed by atoms with E-state index in [2.05, 4.69) is 29.7 Å². The Morgan fingerprint density at radius 2 is 2.23 bits per heavy atom. The van der Waals surface area contributed by atoms with E-state index < -0.39 is 0 Å². The van der Waals surface area contributed by atoms with Gasteiger partial charge in [0.2, 0.25) is 5.91 Å². The Balaban J connectivity index is 1.66. The number of nitrogens with one attached hydrogen (secondary N) is 2. The van der Waals surface area contributed by atoms with Crippen LogP contribution in [0.15, 0.2) is 18.2 Å². The normalized spacial score (nSPS) is 22.4. The number of nitrogens with zero attached hydrogens (tertiary/aromatic N) is 1. The van der Waals surface area contributed by atoms with Gasteiger partial charge in [-0.25, -0.2) is 0 Å². The molecule has 2 aliphatic heterocycles. The number of anilines is 1. The van der Waals surface area contributed by atoms with Gasteiger partial charge in [-0.05, 0) is 56.6 Å². The van der Waals surface area contributed by atoms with E-state index in [0.717, 1.165) is 65.4 Å². The summed E-state index contributed by atoms with van der Waals surface area (Å²) in [6.07, 6.45) is 6.34. The van der Waals surface area contributed by atoms with Crippen LogP contribution in [-0.4, -0.2) is 40.8 Å². The summed E-state index contributed by atoms with van der Waals surface area (Å²) in [4.78, 5) is 12.0. The Morgan fingerprint density at radius 1 is 1.37 bits per heavy atom. The lowest BCUT2D eigenvalue weighted by atomic mass is 9.92. The molecule has 30 heavy (non-hydrogen) atoms. The lowest BCUT2D eigenvalue weighted by Gasteiger charge is -2.23. The number of hydrogen-bond donors (Lipinski definition) is 2. The molecule has 162 valence electrons. The van der Waals surface area contributed by atoms with Gasteiger partial charge in [0.25, 0.3) is 0 Å². The van der Waals surface area contributed by atoms with Gasteiger partial charge in [0.15, 0.2) is 0 Å². The van der Waals surface area contributed by atoms with Crippen molar-refractivity contribution in [1.29, 1.82) is 0 Å². The number of thioether (sulfide) groups is 1. The van der Waals surface area contributed by atoms with Crippen LogP contribution in [0.5, 0.6) is 0 Å². The van der Waals surface area contributed by atoms with Crippen molar-refractivity contribution in [1.82, 2.24) is 10.2 Å². The van der Waals surface area contributed by atoms with Crippen molar-refractivity contribution in [2.24, 2.45) is 5.92 Å². The van der Waals surface area contributed by atoms with Crippen LogP contribution in [0.25, 0.3) is 11.3 Å². The van der Waals surface area contributed by atoms with Crippen molar-refractivity contribution >= 4 is 23.4 Å². The first-order chi connectivity index (χ1) is 14.6. The summed E-state index contributed by atoms with van der Waals surface area (Å²) in [6.45, 7) is 5.37. The highest BCUT2D eigenvalue weighted by Gasteiger charge is 2.27. The third kappa shape index (κ3) is 4.58. The van der Waals surface area contributed by atoms with Crippen LogP contribution < -0.4 is 5.32 Å². The number of aromatic amines is 1. The first-order valence-corrected chi connectivity index (χ1v) is 12.2. The first-order valence-electron chi connectivity index (χ1n) is 10.8. The molecule has 1 amide bonds. The molecule has 1 aromatic carbocycles. The van der Waals surface area contributed by atoms with E-state index in [0.29, 0.717) is 6.61 Å². The summed E-state index contributed by atoms with van der Waals surface area (Å²) in [6, 6.07) is 6.17. The molecule has 4 rings (SSSR count). The quantitative estimate of drug-likeness (QED) is 0.666. The second-order valence-electron chi connectivity index (χ2n) is 8.36. The van der Waals surface area contributed by atoms with Crippen LogP contribution >= 0.6 is 11.8 Å². The van der Waals surface area contributed by atoms with E-state index in [-0.39, 0.29) is 24.0 Å². The molecule has 2 N–H and O–H groups in total. The Bertz CT molecular complexity index is 892. The van der Waals surface area contributed by atoms with Gasteiger partial charge < -0.3 is 14.8 Å². The molecule has 2 aliphatic rings. The van der Waals surface area contributed by atoms with Gasteiger partial charge in [0.05, 0.1) is 30.2 Å². The van der Waals surface area contributed by atoms with Crippen molar-refractivity contribution in [2.45, 2.75) is 58.3 Å². The van der Waals surface area contributed by atoms with Gasteiger partial charge in [0.1, 0.15) is 0 Å². The van der Waals surface area contributed by atoms with Crippen LogP contribution in [0.4, 0.5) is 5.69 Å². The fourth-order valence-electron chi connectivity index (χ4n) is 4.22. The maximum Gasteiger partial charge on any atom is 0.227 e. The zero-order valence-corrected chi connectivity index (χ0v) is 18.8. The van der Waals surface area contributed by atoms with E-state index in [1.54, 1.807) is 11.8 Å². The molecule has 0 bridgehead atoms. The van der Waals surface area contributed by atoms with Crippen molar-refractivity contribution in [3.63, 3.8) is 0 Å². The number of fused-ring (bicyclic) bond motifs is 1. The number of ether oxygens (including phenoxy) is 2. The fourth-order valence-corrected chi connectivity index (χ4v) is 4.78. The monoisotopic (exact) mass is 429 g/mol. The lowest BCUT2D eigenvalue weighted by molar-refractivity contribution is -0.119. The van der Waals surface area contributed by atoms with Gasteiger partial charge in [-0.1, -0.05) is 13.0 Å². The van der Waals surface area contributed by atoms with Crippen LogP contribution in [0.2, 0.25) is 0 Å². The molecule has 2 aromatic rings. The number of aromatic nitrogens is 2. The number of rotatable bonds is 7. The molecule has 6 nitrogen and oxygen atoms in total. The molecular formula is C23H31N3O3S. The highest BCUT2D eigenvalue weighted by atomic mass is 32.2. The number of hydrogen-bond acceptors (Lipinski definition) is 5. The second kappa shape index (κ2) is 9.54. The molecule has 0 radical (unpaired) electrons. The van der Waals surface area contributed by atoms with Crippen LogP contribution in [-0.2, 0) is 27.3 Å². The zero-order valence-electron chi connectivity index (χ0n) is 18.0. The summed E-state index contributed by atoms with van der Waals surface area (Å²) >= 11 is 1.79. The van der Waals surface area contributed by atoms with E-state index in [1.807, 2.05) is 19.1 Å². The van der Waals surface area contributed by atoms with E-state index in [1.165, 1.54) is 6.42 Å². The maximum atomic E-state index is 12.0. The molecule has 1 fully saturated rings. The highest BCUT2D eigenvalue weighted by Crippen LogP contribution is 2.36. The number of H-pyrrole nitrogens is 1. The molecule has 3 atom stereocenters. The lowest BCUT2D eigenvalue weighted by Crippen LogP contribution is -2.27. The Morgan fingerprint density at radius 3 is 3.00 bits per heavy atom. The van der Waals surface area contributed by atoms with Crippen molar-refractivity contribution < 1.29 is 14.3 Å². The minimum atomic E-state index is -0.0201. The molecule has 0 spiro atoms. The van der Waals surface area contributed by atoms with Gasteiger partial charge in [-0.15, -0.1) is 0 Å². The van der Waals surface area contributed by atoms with E-state index in [4.69, 9.17) is 14.6 Å². The van der Waals surface area contributed by atoms with Gasteiger partial charge in [-0.3, -0.25) is 9.89 Å². The molecule has 1 aromatic heterocycles. The largest absolute Gasteiger partial charge is 0.373 e. The van der Waals surface area contributed by atoms with Crippen molar-refractivity contribution in [3.8, 4) is 11.3 Å². The topological polar surface area (TPSA) is 76.2 Å². The smallest absolute Gasteiger partial charge is 0.227 e. The zero-order chi connectivity index (χ0) is 21.1. The Kier molecular flexibility index (Phi) is 6.80. The molecule has 0 aliphatic carbocycles. The number of carbonyl (C=O) groups is 1. The average molecular weight is 430 g/mol. The number of amides is 1. The third-order valence-electron chi connectivity index (χ3n) is 5.92. The number of carbonyl (C=O) groups excluding carboxylic acids is 1. The Labute approximate surface area is 182 Å². The molecule has 3 heterocycles. The first kappa shape index (κ1) is 21.4. The summed E-state index contributed by atoms with van der Waals surface area (Å²) in [7, 11) is 0. The number of benzene rings is 1. The van der Waals surface area contributed by atoms with E-state index in [9.17, 15) is 4.79 Å². The summed E-state index contributed by atoms with van der Waals surface area (Å²) in [5.41, 5.74) is 6.15. The Hall–Kier alpha value is -1.83. The van der Waals surface area contributed by atoms with Crippen molar-refractivity contribution in [3.05, 3.63) is 35.0 Å². The standard InChI is InChI=1S/C23H31N3O3S/c1-14-10-17-11-16(7-8-19(17)24-23(14)27)21-18(12-29-15(2)13-30-3)22(26-25-21)20-6-4-5-9-28-20/h7-8,11,14-15,20H,4-6,9-10,12-13H2,1-3H3,(H,24,27)(H,25,26). The average Bonchev–Trinajstić information content (AvgIpc) is 3.17. The van der Waals surface area contributed by atoms with Gasteiger partial charge >= 0.3 is 0 Å². The fraction of sp³-hybridized carbons (Fsp3) is 0.565. The minimum absolute atomic E-state index is 0.0201. The third-order valence-corrected chi connectivity index (χ3v) is 6.73. The van der Waals surface area contributed by atoms with Gasteiger partial charge in [-0.2, -0.15) is 16.9 Å². The highest BCUT2D eigenvalue weighted by molar-refractivity contribution is 7.98. The molecule has 0 saturated carbocycles. The minimum Gasteiger partial charge on any atom is -0.373 e. The molecule has 7 heteroatoms. The van der Waals surface area contributed by atoms with Gasteiger partial charge in [0, 0.05) is 35.1 Å². The SMILES string of the molecule is CSCC(C)OCc1c(-c2ccc3c(c2)CC(C)C(=O)N3)n[nH]c1C1CCCCO1. The van der Waals surface area contributed by atoms with Crippen LogP contribution in [0, 0.1) is 5.92 Å².